The number of rotatable bonds is 7. The van der Waals surface area contributed by atoms with Gasteiger partial charge in [-0.1, -0.05) is 23.4 Å². The molecular weight excluding hydrogens is 310 g/mol. The summed E-state index contributed by atoms with van der Waals surface area (Å²) >= 11 is 7.14. The SMILES string of the molecule is CCn1c(CNc2ccc(Cl)cc2)nnc1SCC(N)=O. The van der Waals surface area contributed by atoms with Crippen molar-refractivity contribution in [3.8, 4) is 0 Å². The highest BCUT2D eigenvalue weighted by molar-refractivity contribution is 7.99. The van der Waals surface area contributed by atoms with Crippen molar-refractivity contribution < 1.29 is 4.79 Å². The Bertz CT molecular complexity index is 614. The molecule has 0 fully saturated rings. The third kappa shape index (κ3) is 4.37. The van der Waals surface area contributed by atoms with Gasteiger partial charge in [-0.05, 0) is 31.2 Å². The first kappa shape index (κ1) is 15.7. The van der Waals surface area contributed by atoms with Gasteiger partial charge in [0.15, 0.2) is 11.0 Å². The molecule has 21 heavy (non-hydrogen) atoms. The van der Waals surface area contributed by atoms with E-state index in [-0.39, 0.29) is 11.7 Å². The highest BCUT2D eigenvalue weighted by Crippen LogP contribution is 2.18. The van der Waals surface area contributed by atoms with Crippen LogP contribution in [-0.4, -0.2) is 26.4 Å². The first-order chi connectivity index (χ1) is 10.1. The van der Waals surface area contributed by atoms with Gasteiger partial charge in [-0.15, -0.1) is 10.2 Å². The molecule has 112 valence electrons. The normalized spacial score (nSPS) is 10.6. The monoisotopic (exact) mass is 325 g/mol. The predicted molar refractivity (Wildman–Crippen MR) is 84.4 cm³/mol. The highest BCUT2D eigenvalue weighted by Gasteiger charge is 2.11. The maximum Gasteiger partial charge on any atom is 0.227 e. The molecule has 0 spiro atoms. The number of anilines is 1. The van der Waals surface area contributed by atoms with Gasteiger partial charge in [0.25, 0.3) is 0 Å². The fourth-order valence-electron chi connectivity index (χ4n) is 1.76. The second-order valence-corrected chi connectivity index (χ2v) is 5.64. The summed E-state index contributed by atoms with van der Waals surface area (Å²) in [5.41, 5.74) is 6.10. The Labute approximate surface area is 132 Å². The zero-order valence-corrected chi connectivity index (χ0v) is 13.1. The molecule has 1 aromatic carbocycles. The highest BCUT2D eigenvalue weighted by atomic mass is 35.5. The molecule has 6 nitrogen and oxygen atoms in total. The van der Waals surface area contributed by atoms with E-state index >= 15 is 0 Å². The van der Waals surface area contributed by atoms with E-state index in [4.69, 9.17) is 17.3 Å². The Balaban J connectivity index is 2.02. The number of thioether (sulfide) groups is 1. The second-order valence-electron chi connectivity index (χ2n) is 4.26. The van der Waals surface area contributed by atoms with E-state index in [9.17, 15) is 4.79 Å². The van der Waals surface area contributed by atoms with Crippen LogP contribution >= 0.6 is 23.4 Å². The lowest BCUT2D eigenvalue weighted by Gasteiger charge is -2.08. The van der Waals surface area contributed by atoms with Crippen LogP contribution in [0.4, 0.5) is 5.69 Å². The van der Waals surface area contributed by atoms with E-state index in [1.165, 1.54) is 11.8 Å². The Hall–Kier alpha value is -1.73. The van der Waals surface area contributed by atoms with Crippen molar-refractivity contribution in [2.24, 2.45) is 5.73 Å². The standard InChI is InChI=1S/C13H16ClN5OS/c1-2-19-12(17-18-13(19)21-8-11(15)20)7-16-10-5-3-9(14)4-6-10/h3-6,16H,2,7-8H2,1H3,(H2,15,20). The van der Waals surface area contributed by atoms with Crippen LogP contribution < -0.4 is 11.1 Å². The lowest BCUT2D eigenvalue weighted by atomic mass is 10.3. The maximum atomic E-state index is 10.8. The van der Waals surface area contributed by atoms with Crippen LogP contribution in [0.25, 0.3) is 0 Å². The summed E-state index contributed by atoms with van der Waals surface area (Å²) in [4.78, 5) is 10.8. The minimum absolute atomic E-state index is 0.197. The molecule has 0 radical (unpaired) electrons. The quantitative estimate of drug-likeness (QED) is 0.762. The van der Waals surface area contributed by atoms with Crippen LogP contribution in [0, 0.1) is 0 Å². The number of halogens is 1. The average molecular weight is 326 g/mol. The van der Waals surface area contributed by atoms with Gasteiger partial charge < -0.3 is 15.6 Å². The molecule has 0 unspecified atom stereocenters. The van der Waals surface area contributed by atoms with Crippen LogP contribution in [0.3, 0.4) is 0 Å². The molecule has 1 heterocycles. The number of nitrogens with two attached hydrogens (primary N) is 1. The van der Waals surface area contributed by atoms with Crippen molar-refractivity contribution in [1.82, 2.24) is 14.8 Å². The van der Waals surface area contributed by atoms with E-state index in [1.54, 1.807) is 0 Å². The summed E-state index contributed by atoms with van der Waals surface area (Å²) < 4.78 is 1.95. The van der Waals surface area contributed by atoms with Crippen molar-refractivity contribution in [1.29, 1.82) is 0 Å². The number of carbonyl (C=O) groups excluding carboxylic acids is 1. The van der Waals surface area contributed by atoms with Gasteiger partial charge in [-0.3, -0.25) is 4.79 Å². The Kier molecular flexibility index (Phi) is 5.46. The number of nitrogens with one attached hydrogen (secondary N) is 1. The van der Waals surface area contributed by atoms with Gasteiger partial charge >= 0.3 is 0 Å². The molecular formula is C13H16ClN5OS. The molecule has 1 amide bonds. The second kappa shape index (κ2) is 7.33. The lowest BCUT2D eigenvalue weighted by molar-refractivity contribution is -0.115. The van der Waals surface area contributed by atoms with Crippen LogP contribution in [0.15, 0.2) is 29.4 Å². The number of nitrogens with zero attached hydrogens (tertiary/aromatic N) is 3. The number of benzene rings is 1. The fourth-order valence-corrected chi connectivity index (χ4v) is 2.64. The molecule has 0 aliphatic carbocycles. The first-order valence-corrected chi connectivity index (χ1v) is 7.79. The van der Waals surface area contributed by atoms with Crippen molar-refractivity contribution in [2.75, 3.05) is 11.1 Å². The van der Waals surface area contributed by atoms with Gasteiger partial charge in [-0.2, -0.15) is 0 Å². The minimum atomic E-state index is -0.369. The molecule has 2 rings (SSSR count). The number of hydrogen-bond acceptors (Lipinski definition) is 5. The molecule has 1 aromatic heterocycles. The van der Waals surface area contributed by atoms with E-state index in [1.807, 2.05) is 35.8 Å². The first-order valence-electron chi connectivity index (χ1n) is 6.42. The molecule has 2 aromatic rings. The van der Waals surface area contributed by atoms with Crippen molar-refractivity contribution >= 4 is 35.0 Å². The number of amides is 1. The molecule has 0 aliphatic heterocycles. The zero-order chi connectivity index (χ0) is 15.2. The molecule has 0 saturated carbocycles. The summed E-state index contributed by atoms with van der Waals surface area (Å²) in [7, 11) is 0. The van der Waals surface area contributed by atoms with E-state index < -0.39 is 0 Å². The van der Waals surface area contributed by atoms with Crippen LogP contribution in [0.1, 0.15) is 12.7 Å². The molecule has 0 saturated heterocycles. The van der Waals surface area contributed by atoms with Crippen molar-refractivity contribution in [3.63, 3.8) is 0 Å². The predicted octanol–water partition coefficient (Wildman–Crippen LogP) is 2.14. The van der Waals surface area contributed by atoms with Crippen LogP contribution in [0.5, 0.6) is 0 Å². The summed E-state index contributed by atoms with van der Waals surface area (Å²) in [5, 5.41) is 12.9. The fraction of sp³-hybridized carbons (Fsp3) is 0.308. The Morgan fingerprint density at radius 2 is 2.10 bits per heavy atom. The summed E-state index contributed by atoms with van der Waals surface area (Å²) in [6.07, 6.45) is 0. The van der Waals surface area contributed by atoms with E-state index in [2.05, 4.69) is 15.5 Å². The van der Waals surface area contributed by atoms with Gasteiger partial charge in [-0.25, -0.2) is 0 Å². The molecule has 8 heteroatoms. The van der Waals surface area contributed by atoms with Crippen molar-refractivity contribution in [3.05, 3.63) is 35.1 Å². The van der Waals surface area contributed by atoms with Gasteiger partial charge in [0, 0.05) is 17.3 Å². The minimum Gasteiger partial charge on any atom is -0.378 e. The van der Waals surface area contributed by atoms with E-state index in [0.29, 0.717) is 16.7 Å². The maximum absolute atomic E-state index is 10.8. The molecule has 3 N–H and O–H groups in total. The lowest BCUT2D eigenvalue weighted by Crippen LogP contribution is -2.14. The van der Waals surface area contributed by atoms with Gasteiger partial charge in [0.1, 0.15) is 0 Å². The molecule has 0 atom stereocenters. The summed E-state index contributed by atoms with van der Waals surface area (Å²) in [6.45, 7) is 3.27. The van der Waals surface area contributed by atoms with E-state index in [0.717, 1.165) is 18.1 Å². The topological polar surface area (TPSA) is 85.8 Å². The number of hydrogen-bond donors (Lipinski definition) is 2. The van der Waals surface area contributed by atoms with Gasteiger partial charge in [0.2, 0.25) is 5.91 Å². The van der Waals surface area contributed by atoms with Gasteiger partial charge in [0.05, 0.1) is 12.3 Å². The number of primary amides is 1. The Morgan fingerprint density at radius 3 is 2.71 bits per heavy atom. The summed E-state index contributed by atoms with van der Waals surface area (Å²) in [5.74, 6) is 0.633. The summed E-state index contributed by atoms with van der Waals surface area (Å²) in [6, 6.07) is 7.45. The zero-order valence-electron chi connectivity index (χ0n) is 11.5. The third-order valence-corrected chi connectivity index (χ3v) is 3.99. The average Bonchev–Trinajstić information content (AvgIpc) is 2.86. The third-order valence-electron chi connectivity index (χ3n) is 2.75. The largest absolute Gasteiger partial charge is 0.378 e. The Morgan fingerprint density at radius 1 is 1.38 bits per heavy atom. The molecule has 0 aliphatic rings. The van der Waals surface area contributed by atoms with Crippen LogP contribution in [0.2, 0.25) is 5.02 Å². The van der Waals surface area contributed by atoms with Crippen molar-refractivity contribution in [2.45, 2.75) is 25.2 Å². The van der Waals surface area contributed by atoms with Crippen LogP contribution in [-0.2, 0) is 17.9 Å². The number of aromatic nitrogens is 3. The number of carbonyl (C=O) groups is 1. The molecule has 0 bridgehead atoms. The smallest absolute Gasteiger partial charge is 0.227 e.